The first kappa shape index (κ1) is 18.5. The first-order valence-electron chi connectivity index (χ1n) is 9.87. The van der Waals surface area contributed by atoms with Crippen LogP contribution in [0.1, 0.15) is 31.2 Å². The van der Waals surface area contributed by atoms with Gasteiger partial charge in [-0.3, -0.25) is 9.59 Å². The lowest BCUT2D eigenvalue weighted by Crippen LogP contribution is -2.48. The van der Waals surface area contributed by atoms with Crippen molar-refractivity contribution >= 4 is 11.8 Å². The number of rotatable bonds is 4. The SMILES string of the molecule is CCN1C[C@@H](C(=O)N2CCc3nc(-c4ccc(OC)cc4)[nH]c3C2)CCC1=O. The summed E-state index contributed by atoms with van der Waals surface area (Å²) in [5.74, 6) is 1.84. The number of amides is 2. The van der Waals surface area contributed by atoms with E-state index in [0.29, 0.717) is 39.0 Å². The van der Waals surface area contributed by atoms with Crippen molar-refractivity contribution in [3.05, 3.63) is 35.7 Å². The molecule has 2 aliphatic heterocycles. The highest BCUT2D eigenvalue weighted by Gasteiger charge is 2.34. The van der Waals surface area contributed by atoms with Crippen molar-refractivity contribution in [2.24, 2.45) is 5.92 Å². The fourth-order valence-electron chi connectivity index (χ4n) is 4.05. The lowest BCUT2D eigenvalue weighted by Gasteiger charge is -2.35. The summed E-state index contributed by atoms with van der Waals surface area (Å²) in [4.78, 5) is 36.7. The third-order valence-corrected chi connectivity index (χ3v) is 5.74. The summed E-state index contributed by atoms with van der Waals surface area (Å²) in [5, 5.41) is 0. The number of fused-ring (bicyclic) bond motifs is 1. The van der Waals surface area contributed by atoms with E-state index in [1.54, 1.807) is 12.0 Å². The number of aromatic amines is 1. The van der Waals surface area contributed by atoms with Gasteiger partial charge in [-0.2, -0.15) is 0 Å². The lowest BCUT2D eigenvalue weighted by molar-refractivity contribution is -0.143. The minimum atomic E-state index is -0.0943. The summed E-state index contributed by atoms with van der Waals surface area (Å²) in [6, 6.07) is 7.78. The Bertz CT molecular complexity index is 874. The van der Waals surface area contributed by atoms with E-state index in [-0.39, 0.29) is 17.7 Å². The van der Waals surface area contributed by atoms with E-state index in [0.717, 1.165) is 34.9 Å². The van der Waals surface area contributed by atoms with Gasteiger partial charge in [0.15, 0.2) is 0 Å². The topological polar surface area (TPSA) is 78.5 Å². The molecule has 1 saturated heterocycles. The monoisotopic (exact) mass is 382 g/mol. The number of imidazole rings is 1. The Kier molecular flexibility index (Phi) is 5.07. The molecule has 0 unspecified atom stereocenters. The maximum Gasteiger partial charge on any atom is 0.227 e. The van der Waals surface area contributed by atoms with Crippen molar-refractivity contribution in [3.63, 3.8) is 0 Å². The second-order valence-corrected chi connectivity index (χ2v) is 7.42. The van der Waals surface area contributed by atoms with Gasteiger partial charge in [0.2, 0.25) is 11.8 Å². The quantitative estimate of drug-likeness (QED) is 0.880. The number of piperidine rings is 1. The van der Waals surface area contributed by atoms with E-state index >= 15 is 0 Å². The molecule has 1 atom stereocenters. The number of ether oxygens (including phenoxy) is 1. The van der Waals surface area contributed by atoms with Gasteiger partial charge < -0.3 is 19.5 Å². The molecule has 2 aromatic rings. The number of carbonyl (C=O) groups excluding carboxylic acids is 2. The summed E-state index contributed by atoms with van der Waals surface area (Å²) in [5.41, 5.74) is 3.03. The Labute approximate surface area is 164 Å². The van der Waals surface area contributed by atoms with E-state index in [2.05, 4.69) is 4.98 Å². The average molecular weight is 382 g/mol. The molecule has 2 aliphatic rings. The normalized spacial score (nSPS) is 19.5. The number of aromatic nitrogens is 2. The number of carbonyl (C=O) groups is 2. The molecule has 0 aliphatic carbocycles. The molecular weight excluding hydrogens is 356 g/mol. The number of H-pyrrole nitrogens is 1. The first-order chi connectivity index (χ1) is 13.6. The van der Waals surface area contributed by atoms with Crippen molar-refractivity contribution in [1.82, 2.24) is 19.8 Å². The minimum Gasteiger partial charge on any atom is -0.497 e. The fraction of sp³-hybridized carbons (Fsp3) is 0.476. The molecule has 1 N–H and O–H groups in total. The van der Waals surface area contributed by atoms with Gasteiger partial charge in [0.25, 0.3) is 0 Å². The van der Waals surface area contributed by atoms with Gasteiger partial charge in [-0.15, -0.1) is 0 Å². The van der Waals surface area contributed by atoms with Crippen LogP contribution in [0.3, 0.4) is 0 Å². The predicted octanol–water partition coefficient (Wildman–Crippen LogP) is 2.23. The number of hydrogen-bond donors (Lipinski definition) is 1. The molecule has 0 bridgehead atoms. The van der Waals surface area contributed by atoms with Gasteiger partial charge in [-0.1, -0.05) is 0 Å². The summed E-state index contributed by atoms with van der Waals surface area (Å²) in [6.07, 6.45) is 1.86. The maximum atomic E-state index is 13.0. The predicted molar refractivity (Wildman–Crippen MR) is 105 cm³/mol. The summed E-state index contributed by atoms with van der Waals surface area (Å²) in [6.45, 7) is 4.39. The molecule has 7 nitrogen and oxygen atoms in total. The summed E-state index contributed by atoms with van der Waals surface area (Å²) < 4.78 is 5.21. The van der Waals surface area contributed by atoms with Crippen molar-refractivity contribution in [1.29, 1.82) is 0 Å². The second-order valence-electron chi connectivity index (χ2n) is 7.42. The number of nitrogens with zero attached hydrogens (tertiary/aromatic N) is 3. The molecule has 1 fully saturated rings. The molecule has 2 amide bonds. The number of likely N-dealkylation sites (tertiary alicyclic amines) is 1. The van der Waals surface area contributed by atoms with Crippen LogP contribution in [0.15, 0.2) is 24.3 Å². The highest BCUT2D eigenvalue weighted by molar-refractivity contribution is 5.84. The lowest BCUT2D eigenvalue weighted by atomic mass is 9.95. The average Bonchev–Trinajstić information content (AvgIpc) is 3.17. The van der Waals surface area contributed by atoms with E-state index in [1.165, 1.54) is 0 Å². The van der Waals surface area contributed by atoms with Crippen LogP contribution < -0.4 is 4.74 Å². The largest absolute Gasteiger partial charge is 0.497 e. The van der Waals surface area contributed by atoms with E-state index < -0.39 is 0 Å². The molecule has 0 spiro atoms. The van der Waals surface area contributed by atoms with E-state index in [4.69, 9.17) is 9.72 Å². The molecule has 148 valence electrons. The van der Waals surface area contributed by atoms with Crippen LogP contribution in [0.4, 0.5) is 0 Å². The minimum absolute atomic E-state index is 0.0943. The number of benzene rings is 1. The highest BCUT2D eigenvalue weighted by Crippen LogP contribution is 2.27. The summed E-state index contributed by atoms with van der Waals surface area (Å²) in [7, 11) is 1.65. The number of hydrogen-bond acceptors (Lipinski definition) is 4. The maximum absolute atomic E-state index is 13.0. The fourth-order valence-corrected chi connectivity index (χ4v) is 4.05. The van der Waals surface area contributed by atoms with Gasteiger partial charge in [-0.05, 0) is 37.6 Å². The molecule has 0 radical (unpaired) electrons. The van der Waals surface area contributed by atoms with Gasteiger partial charge >= 0.3 is 0 Å². The van der Waals surface area contributed by atoms with Gasteiger partial charge in [-0.25, -0.2) is 4.98 Å². The Morgan fingerprint density at radius 2 is 2.07 bits per heavy atom. The summed E-state index contributed by atoms with van der Waals surface area (Å²) >= 11 is 0. The number of methoxy groups -OCH3 is 1. The van der Waals surface area contributed by atoms with Crippen molar-refractivity contribution in [2.75, 3.05) is 26.7 Å². The smallest absolute Gasteiger partial charge is 0.227 e. The zero-order valence-corrected chi connectivity index (χ0v) is 16.4. The Morgan fingerprint density at radius 3 is 2.79 bits per heavy atom. The van der Waals surface area contributed by atoms with Crippen LogP contribution in [0, 0.1) is 5.92 Å². The Balaban J connectivity index is 1.46. The zero-order valence-electron chi connectivity index (χ0n) is 16.4. The van der Waals surface area contributed by atoms with Gasteiger partial charge in [0, 0.05) is 38.0 Å². The Hall–Kier alpha value is -2.83. The van der Waals surface area contributed by atoms with Crippen molar-refractivity contribution in [2.45, 2.75) is 32.7 Å². The zero-order chi connectivity index (χ0) is 19.7. The van der Waals surface area contributed by atoms with E-state index in [1.807, 2.05) is 36.1 Å². The van der Waals surface area contributed by atoms with Crippen molar-refractivity contribution < 1.29 is 14.3 Å². The van der Waals surface area contributed by atoms with Crippen LogP contribution >= 0.6 is 0 Å². The first-order valence-corrected chi connectivity index (χ1v) is 9.87. The van der Waals surface area contributed by atoms with Crippen LogP contribution in [0.25, 0.3) is 11.4 Å². The van der Waals surface area contributed by atoms with Crippen LogP contribution in [-0.4, -0.2) is 58.3 Å². The van der Waals surface area contributed by atoms with E-state index in [9.17, 15) is 9.59 Å². The molecule has 1 aromatic heterocycles. The molecule has 3 heterocycles. The molecule has 7 heteroatoms. The van der Waals surface area contributed by atoms with Gasteiger partial charge in [0.1, 0.15) is 11.6 Å². The molecule has 0 saturated carbocycles. The molecule has 1 aromatic carbocycles. The molecule has 4 rings (SSSR count). The van der Waals surface area contributed by atoms with Crippen LogP contribution in [0.2, 0.25) is 0 Å². The van der Waals surface area contributed by atoms with Crippen molar-refractivity contribution in [3.8, 4) is 17.1 Å². The van der Waals surface area contributed by atoms with Gasteiger partial charge in [0.05, 0.1) is 31.0 Å². The Morgan fingerprint density at radius 1 is 1.29 bits per heavy atom. The standard InChI is InChI=1S/C21H26N4O3/c1-3-24-12-15(6-9-19(24)26)21(27)25-11-10-17-18(13-25)23-20(22-17)14-4-7-16(28-2)8-5-14/h4-5,7-8,15H,3,6,9-13H2,1-2H3,(H,22,23)/t15-/m0/s1. The third kappa shape index (κ3) is 3.48. The number of nitrogens with one attached hydrogen (secondary N) is 1. The highest BCUT2D eigenvalue weighted by atomic mass is 16.5. The van der Waals surface area contributed by atoms with Crippen LogP contribution in [-0.2, 0) is 22.6 Å². The van der Waals surface area contributed by atoms with Crippen LogP contribution in [0.5, 0.6) is 5.75 Å². The second kappa shape index (κ2) is 7.66. The third-order valence-electron chi connectivity index (χ3n) is 5.74. The molecule has 28 heavy (non-hydrogen) atoms. The molecular formula is C21H26N4O3.